The van der Waals surface area contributed by atoms with Crippen LogP contribution in [-0.2, 0) is 14.4 Å². The van der Waals surface area contributed by atoms with Crippen LogP contribution in [0.2, 0.25) is 0 Å². The Bertz CT molecular complexity index is 210. The van der Waals surface area contributed by atoms with Gasteiger partial charge in [0.05, 0.1) is 6.42 Å². The number of carbonyl (C=O) groups excluding carboxylic acids is 2. The van der Waals surface area contributed by atoms with Gasteiger partial charge in [0.15, 0.2) is 0 Å². The SMILES string of the molecule is CC(C)(C)OC(=O)NCCC(=O)ON. The molecule has 6 nitrogen and oxygen atoms in total. The maximum absolute atomic E-state index is 11.0. The summed E-state index contributed by atoms with van der Waals surface area (Å²) < 4.78 is 4.92. The van der Waals surface area contributed by atoms with Crippen LogP contribution in [-0.4, -0.2) is 24.2 Å². The molecule has 0 heterocycles. The molecule has 0 aromatic heterocycles. The molecule has 0 unspecified atom stereocenters. The summed E-state index contributed by atoms with van der Waals surface area (Å²) in [5, 5.41) is 2.39. The molecule has 6 heteroatoms. The molecule has 0 saturated heterocycles. The molecule has 0 aromatic rings. The highest BCUT2D eigenvalue weighted by molar-refractivity contribution is 5.71. The van der Waals surface area contributed by atoms with Crippen molar-refractivity contribution in [3.05, 3.63) is 0 Å². The van der Waals surface area contributed by atoms with Gasteiger partial charge in [-0.05, 0) is 20.8 Å². The fraction of sp³-hybridized carbons (Fsp3) is 0.750. The maximum Gasteiger partial charge on any atom is 0.407 e. The van der Waals surface area contributed by atoms with Gasteiger partial charge in [-0.3, -0.25) is 4.79 Å². The molecule has 0 saturated carbocycles. The number of carbonyl (C=O) groups is 2. The first-order chi connectivity index (χ1) is 6.35. The van der Waals surface area contributed by atoms with Crippen molar-refractivity contribution in [1.29, 1.82) is 0 Å². The second-order valence-electron chi connectivity index (χ2n) is 3.67. The zero-order valence-electron chi connectivity index (χ0n) is 8.62. The summed E-state index contributed by atoms with van der Waals surface area (Å²) in [6.45, 7) is 5.40. The number of hydrogen-bond acceptors (Lipinski definition) is 5. The topological polar surface area (TPSA) is 90.6 Å². The largest absolute Gasteiger partial charge is 0.444 e. The zero-order valence-corrected chi connectivity index (χ0v) is 8.62. The average Bonchev–Trinajstić information content (AvgIpc) is 2.00. The van der Waals surface area contributed by atoms with Crippen LogP contribution in [0, 0.1) is 0 Å². The fourth-order valence-electron chi connectivity index (χ4n) is 0.640. The van der Waals surface area contributed by atoms with Gasteiger partial charge in [-0.15, -0.1) is 0 Å². The maximum atomic E-state index is 11.0. The summed E-state index contributed by atoms with van der Waals surface area (Å²) in [4.78, 5) is 25.5. The zero-order chi connectivity index (χ0) is 11.2. The Kier molecular flexibility index (Phi) is 4.93. The minimum Gasteiger partial charge on any atom is -0.444 e. The van der Waals surface area contributed by atoms with Crippen molar-refractivity contribution in [3.63, 3.8) is 0 Å². The first-order valence-corrected chi connectivity index (χ1v) is 4.21. The van der Waals surface area contributed by atoms with E-state index in [0.717, 1.165) is 0 Å². The third-order valence-corrected chi connectivity index (χ3v) is 1.13. The summed E-state index contributed by atoms with van der Waals surface area (Å²) in [7, 11) is 0. The van der Waals surface area contributed by atoms with Crippen molar-refractivity contribution in [2.75, 3.05) is 6.54 Å². The van der Waals surface area contributed by atoms with Crippen LogP contribution >= 0.6 is 0 Å². The highest BCUT2D eigenvalue weighted by Crippen LogP contribution is 2.06. The van der Waals surface area contributed by atoms with Gasteiger partial charge in [0.25, 0.3) is 0 Å². The Balaban J connectivity index is 3.60. The number of ether oxygens (including phenoxy) is 1. The number of amides is 1. The lowest BCUT2D eigenvalue weighted by molar-refractivity contribution is -0.144. The molecular formula is C8H16N2O4. The van der Waals surface area contributed by atoms with E-state index in [1.54, 1.807) is 20.8 Å². The van der Waals surface area contributed by atoms with Gasteiger partial charge >= 0.3 is 12.1 Å². The van der Waals surface area contributed by atoms with Crippen LogP contribution in [0.3, 0.4) is 0 Å². The van der Waals surface area contributed by atoms with Crippen LogP contribution in [0.1, 0.15) is 27.2 Å². The molecular weight excluding hydrogens is 188 g/mol. The smallest absolute Gasteiger partial charge is 0.407 e. The van der Waals surface area contributed by atoms with Gasteiger partial charge in [-0.25, -0.2) is 4.79 Å². The van der Waals surface area contributed by atoms with Crippen molar-refractivity contribution in [2.24, 2.45) is 5.90 Å². The molecule has 1 amide bonds. The molecule has 0 rings (SSSR count). The van der Waals surface area contributed by atoms with E-state index >= 15 is 0 Å². The normalized spacial score (nSPS) is 10.6. The molecule has 0 atom stereocenters. The third kappa shape index (κ3) is 7.35. The summed E-state index contributed by atoms with van der Waals surface area (Å²) in [6.07, 6.45) is -0.544. The van der Waals surface area contributed by atoms with E-state index in [1.165, 1.54) is 0 Å². The monoisotopic (exact) mass is 204 g/mol. The van der Waals surface area contributed by atoms with E-state index in [9.17, 15) is 9.59 Å². The predicted molar refractivity (Wildman–Crippen MR) is 49.1 cm³/mol. The number of nitrogens with one attached hydrogen (secondary N) is 1. The Morgan fingerprint density at radius 1 is 1.36 bits per heavy atom. The van der Waals surface area contributed by atoms with E-state index in [-0.39, 0.29) is 13.0 Å². The number of rotatable bonds is 3. The average molecular weight is 204 g/mol. The Morgan fingerprint density at radius 3 is 2.36 bits per heavy atom. The van der Waals surface area contributed by atoms with E-state index in [1.807, 2.05) is 0 Å². The van der Waals surface area contributed by atoms with Crippen LogP contribution < -0.4 is 11.2 Å². The number of hydrogen-bond donors (Lipinski definition) is 2. The molecule has 0 bridgehead atoms. The first-order valence-electron chi connectivity index (χ1n) is 4.21. The molecule has 0 fully saturated rings. The lowest BCUT2D eigenvalue weighted by Crippen LogP contribution is -2.33. The molecule has 82 valence electrons. The molecule has 14 heavy (non-hydrogen) atoms. The molecule has 0 aromatic carbocycles. The second kappa shape index (κ2) is 5.43. The van der Waals surface area contributed by atoms with E-state index in [0.29, 0.717) is 0 Å². The van der Waals surface area contributed by atoms with Gasteiger partial charge in [-0.1, -0.05) is 0 Å². The van der Waals surface area contributed by atoms with E-state index < -0.39 is 17.7 Å². The summed E-state index contributed by atoms with van der Waals surface area (Å²) in [5.41, 5.74) is -0.543. The standard InChI is InChI=1S/C8H16N2O4/c1-8(2,3)13-7(12)10-5-4-6(11)14-9/h4-5,9H2,1-3H3,(H,10,12). The Hall–Kier alpha value is -1.30. The Morgan fingerprint density at radius 2 is 1.93 bits per heavy atom. The minimum atomic E-state index is -0.582. The third-order valence-electron chi connectivity index (χ3n) is 1.13. The van der Waals surface area contributed by atoms with Gasteiger partial charge in [0.2, 0.25) is 0 Å². The molecule has 0 radical (unpaired) electrons. The van der Waals surface area contributed by atoms with Gasteiger partial charge < -0.3 is 14.9 Å². The van der Waals surface area contributed by atoms with Gasteiger partial charge in [0, 0.05) is 6.54 Å². The quantitative estimate of drug-likeness (QED) is 0.646. The first kappa shape index (κ1) is 12.7. The fourth-order valence-corrected chi connectivity index (χ4v) is 0.640. The molecule has 0 aliphatic heterocycles. The molecule has 0 aliphatic carbocycles. The van der Waals surface area contributed by atoms with Crippen LogP contribution in [0.25, 0.3) is 0 Å². The highest BCUT2D eigenvalue weighted by Gasteiger charge is 2.15. The number of alkyl carbamates (subject to hydrolysis) is 1. The van der Waals surface area contributed by atoms with Crippen LogP contribution in [0.5, 0.6) is 0 Å². The highest BCUT2D eigenvalue weighted by atomic mass is 16.7. The number of nitrogens with two attached hydrogens (primary N) is 1. The van der Waals surface area contributed by atoms with Gasteiger partial charge in [-0.2, -0.15) is 5.90 Å². The molecule has 0 aliphatic rings. The summed E-state index contributed by atoms with van der Waals surface area (Å²) in [6, 6.07) is 0. The van der Waals surface area contributed by atoms with Crippen molar-refractivity contribution < 1.29 is 19.2 Å². The van der Waals surface area contributed by atoms with Crippen molar-refractivity contribution >= 4 is 12.1 Å². The summed E-state index contributed by atoms with van der Waals surface area (Å²) in [5.74, 6) is 4.01. The van der Waals surface area contributed by atoms with Crippen LogP contribution in [0.4, 0.5) is 4.79 Å². The Labute approximate surface area is 82.7 Å². The van der Waals surface area contributed by atoms with Crippen molar-refractivity contribution in [2.45, 2.75) is 32.8 Å². The summed E-state index contributed by atoms with van der Waals surface area (Å²) >= 11 is 0. The van der Waals surface area contributed by atoms with Gasteiger partial charge in [0.1, 0.15) is 5.60 Å². The minimum absolute atomic E-state index is 0.0236. The van der Waals surface area contributed by atoms with E-state index in [4.69, 9.17) is 4.74 Å². The lowest BCUT2D eigenvalue weighted by atomic mass is 10.2. The van der Waals surface area contributed by atoms with Crippen molar-refractivity contribution in [3.8, 4) is 0 Å². The lowest BCUT2D eigenvalue weighted by Gasteiger charge is -2.19. The van der Waals surface area contributed by atoms with E-state index in [2.05, 4.69) is 16.1 Å². The second-order valence-corrected chi connectivity index (χ2v) is 3.67. The molecule has 3 N–H and O–H groups in total. The predicted octanol–water partition coefficient (Wildman–Crippen LogP) is 0.318. The van der Waals surface area contributed by atoms with Crippen LogP contribution in [0.15, 0.2) is 0 Å². The van der Waals surface area contributed by atoms with Crippen molar-refractivity contribution in [1.82, 2.24) is 5.32 Å². The molecule has 0 spiro atoms.